The van der Waals surface area contributed by atoms with Crippen molar-refractivity contribution in [2.75, 3.05) is 26.8 Å². The van der Waals surface area contributed by atoms with Gasteiger partial charge in [0, 0.05) is 19.4 Å². The van der Waals surface area contributed by atoms with Gasteiger partial charge in [-0.3, -0.25) is 14.5 Å². The number of likely N-dealkylation sites (tertiary alicyclic amines) is 1. The predicted molar refractivity (Wildman–Crippen MR) is 71.1 cm³/mol. The van der Waals surface area contributed by atoms with Gasteiger partial charge in [-0.2, -0.15) is 0 Å². The molecule has 2 aliphatic rings. The Labute approximate surface area is 113 Å². The molecule has 0 saturated carbocycles. The van der Waals surface area contributed by atoms with Crippen LogP contribution < -0.4 is 5.32 Å². The van der Waals surface area contributed by atoms with Gasteiger partial charge < -0.3 is 10.1 Å². The van der Waals surface area contributed by atoms with Crippen molar-refractivity contribution in [3.63, 3.8) is 0 Å². The lowest BCUT2D eigenvalue weighted by atomic mass is 9.75. The molecule has 0 radical (unpaired) electrons. The highest BCUT2D eigenvalue weighted by Crippen LogP contribution is 2.42. The summed E-state index contributed by atoms with van der Waals surface area (Å²) in [6.45, 7) is 5.29. The van der Waals surface area contributed by atoms with Crippen molar-refractivity contribution >= 4 is 11.8 Å². The van der Waals surface area contributed by atoms with Gasteiger partial charge in [0.25, 0.3) is 0 Å². The molecule has 2 unspecified atom stereocenters. The second-order valence-corrected chi connectivity index (χ2v) is 5.03. The molecule has 0 aromatic rings. The van der Waals surface area contributed by atoms with E-state index in [-0.39, 0.29) is 11.8 Å². The van der Waals surface area contributed by atoms with E-state index in [0.717, 1.165) is 12.2 Å². The first-order valence-electron chi connectivity index (χ1n) is 6.54. The molecule has 1 N–H and O–H groups in total. The Balaban J connectivity index is 2.26. The molecule has 0 aromatic heterocycles. The molecule has 1 fully saturated rings. The molecule has 0 aromatic carbocycles. The van der Waals surface area contributed by atoms with Crippen molar-refractivity contribution in [1.82, 2.24) is 10.2 Å². The van der Waals surface area contributed by atoms with Crippen molar-refractivity contribution in [3.05, 3.63) is 23.9 Å². The van der Waals surface area contributed by atoms with E-state index >= 15 is 0 Å². The molecule has 2 rings (SSSR count). The van der Waals surface area contributed by atoms with Gasteiger partial charge >= 0.3 is 0 Å². The summed E-state index contributed by atoms with van der Waals surface area (Å²) in [5, 5.41) is 3.18. The van der Waals surface area contributed by atoms with Gasteiger partial charge in [0.15, 0.2) is 0 Å². The lowest BCUT2D eigenvalue weighted by Gasteiger charge is -2.25. The minimum Gasteiger partial charge on any atom is -0.386 e. The predicted octanol–water partition coefficient (Wildman–Crippen LogP) is 0.687. The topological polar surface area (TPSA) is 58.6 Å². The Morgan fingerprint density at radius 3 is 2.84 bits per heavy atom. The zero-order valence-corrected chi connectivity index (χ0v) is 11.6. The molecule has 5 nitrogen and oxygen atoms in total. The molecule has 104 valence electrons. The largest absolute Gasteiger partial charge is 0.386 e. The Morgan fingerprint density at radius 2 is 2.21 bits per heavy atom. The van der Waals surface area contributed by atoms with Crippen LogP contribution in [-0.4, -0.2) is 43.5 Å². The molecule has 1 heterocycles. The number of allylic oxidation sites excluding steroid dienone is 1. The summed E-state index contributed by atoms with van der Waals surface area (Å²) in [6, 6.07) is 0. The molecule has 5 heteroatoms. The van der Waals surface area contributed by atoms with E-state index in [1.165, 1.54) is 4.90 Å². The third-order valence-corrected chi connectivity index (χ3v) is 3.74. The number of hydrogen-bond donors (Lipinski definition) is 1. The Hall–Kier alpha value is -1.62. The maximum Gasteiger partial charge on any atom is 0.240 e. The first kappa shape index (κ1) is 13.8. The quantitative estimate of drug-likeness (QED) is 0.742. The third-order valence-electron chi connectivity index (χ3n) is 3.74. The summed E-state index contributed by atoms with van der Waals surface area (Å²) in [5.74, 6) is -0.678. The number of carbonyl (C=O) groups is 2. The smallest absolute Gasteiger partial charge is 0.240 e. The van der Waals surface area contributed by atoms with Gasteiger partial charge in [0.05, 0.1) is 24.5 Å². The van der Waals surface area contributed by atoms with E-state index in [4.69, 9.17) is 4.74 Å². The van der Waals surface area contributed by atoms with Gasteiger partial charge in [0.2, 0.25) is 11.8 Å². The maximum absolute atomic E-state index is 12.4. The second kappa shape index (κ2) is 5.17. The summed E-state index contributed by atoms with van der Waals surface area (Å²) in [6.07, 6.45) is 5.57. The van der Waals surface area contributed by atoms with E-state index in [0.29, 0.717) is 13.2 Å². The monoisotopic (exact) mass is 264 g/mol. The fourth-order valence-corrected chi connectivity index (χ4v) is 2.58. The summed E-state index contributed by atoms with van der Waals surface area (Å²) >= 11 is 0. The normalized spacial score (nSPS) is 29.5. The summed E-state index contributed by atoms with van der Waals surface area (Å²) in [4.78, 5) is 26.1. The first-order valence-corrected chi connectivity index (χ1v) is 6.54. The number of ether oxygens (including phenoxy) is 1. The number of carbonyl (C=O) groups excluding carboxylic acids is 2. The van der Waals surface area contributed by atoms with Crippen LogP contribution in [0.3, 0.4) is 0 Å². The van der Waals surface area contributed by atoms with Crippen LogP contribution in [0, 0.1) is 11.3 Å². The Kier molecular flexibility index (Phi) is 3.75. The fraction of sp³-hybridized carbons (Fsp3) is 0.571. The van der Waals surface area contributed by atoms with Crippen LogP contribution in [0.2, 0.25) is 0 Å². The van der Waals surface area contributed by atoms with Crippen LogP contribution in [0.1, 0.15) is 13.8 Å². The molecule has 0 spiro atoms. The van der Waals surface area contributed by atoms with Crippen LogP contribution in [0.15, 0.2) is 23.9 Å². The average Bonchev–Trinajstić information content (AvgIpc) is 2.58. The van der Waals surface area contributed by atoms with Crippen molar-refractivity contribution in [2.45, 2.75) is 13.8 Å². The highest BCUT2D eigenvalue weighted by atomic mass is 16.5. The van der Waals surface area contributed by atoms with Crippen molar-refractivity contribution in [3.8, 4) is 0 Å². The molecular formula is C14H20N2O3. The maximum atomic E-state index is 12.4. The van der Waals surface area contributed by atoms with Crippen molar-refractivity contribution < 1.29 is 14.3 Å². The number of imide groups is 1. The standard InChI is InChI=1S/C14H20N2O3/c1-4-15-10-5-6-14(2)11(9-10)12(17)16(13(14)18)7-8-19-3/h5-6,9,11,15H,4,7-8H2,1-3H3. The molecule has 1 aliphatic carbocycles. The minimum absolute atomic E-state index is 0.135. The lowest BCUT2D eigenvalue weighted by molar-refractivity contribution is -0.141. The van der Waals surface area contributed by atoms with Crippen LogP contribution in [0.4, 0.5) is 0 Å². The van der Waals surface area contributed by atoms with Crippen LogP contribution in [0.25, 0.3) is 0 Å². The zero-order valence-electron chi connectivity index (χ0n) is 11.6. The van der Waals surface area contributed by atoms with Gasteiger partial charge in [-0.05, 0) is 26.0 Å². The number of nitrogens with one attached hydrogen (secondary N) is 1. The lowest BCUT2D eigenvalue weighted by Crippen LogP contribution is -2.36. The Bertz CT molecular complexity index is 456. The third kappa shape index (κ3) is 2.18. The second-order valence-electron chi connectivity index (χ2n) is 5.03. The number of rotatable bonds is 5. The van der Waals surface area contributed by atoms with Gasteiger partial charge in [0.1, 0.15) is 0 Å². The van der Waals surface area contributed by atoms with Crippen molar-refractivity contribution in [2.24, 2.45) is 11.3 Å². The van der Waals surface area contributed by atoms with E-state index < -0.39 is 11.3 Å². The molecular weight excluding hydrogens is 244 g/mol. The zero-order chi connectivity index (χ0) is 14.0. The molecule has 2 amide bonds. The average molecular weight is 264 g/mol. The van der Waals surface area contributed by atoms with E-state index in [1.807, 2.05) is 32.1 Å². The number of methoxy groups -OCH3 is 1. The SMILES string of the molecule is CCNC1=CC2C(=O)N(CCOC)C(=O)C2(C)C=C1. The first-order chi connectivity index (χ1) is 9.04. The number of amides is 2. The van der Waals surface area contributed by atoms with E-state index in [1.54, 1.807) is 7.11 Å². The van der Waals surface area contributed by atoms with Crippen LogP contribution >= 0.6 is 0 Å². The molecule has 19 heavy (non-hydrogen) atoms. The molecule has 0 bridgehead atoms. The number of hydrogen-bond acceptors (Lipinski definition) is 4. The highest BCUT2D eigenvalue weighted by Gasteiger charge is 2.54. The van der Waals surface area contributed by atoms with Crippen molar-refractivity contribution in [1.29, 1.82) is 0 Å². The highest BCUT2D eigenvalue weighted by molar-refractivity contribution is 6.09. The summed E-state index contributed by atoms with van der Waals surface area (Å²) < 4.78 is 4.95. The van der Waals surface area contributed by atoms with E-state index in [9.17, 15) is 9.59 Å². The van der Waals surface area contributed by atoms with Crippen LogP contribution in [0.5, 0.6) is 0 Å². The fourth-order valence-electron chi connectivity index (χ4n) is 2.58. The number of nitrogens with zero attached hydrogens (tertiary/aromatic N) is 1. The number of fused-ring (bicyclic) bond motifs is 1. The Morgan fingerprint density at radius 1 is 1.47 bits per heavy atom. The molecule has 2 atom stereocenters. The summed E-state index contributed by atoms with van der Waals surface area (Å²) in [5.41, 5.74) is 0.156. The van der Waals surface area contributed by atoms with Gasteiger partial charge in [-0.15, -0.1) is 0 Å². The van der Waals surface area contributed by atoms with Crippen LogP contribution in [-0.2, 0) is 14.3 Å². The molecule has 1 saturated heterocycles. The van der Waals surface area contributed by atoms with E-state index in [2.05, 4.69) is 5.32 Å². The summed E-state index contributed by atoms with van der Waals surface area (Å²) in [7, 11) is 1.56. The van der Waals surface area contributed by atoms with Gasteiger partial charge in [-0.1, -0.05) is 6.08 Å². The van der Waals surface area contributed by atoms with Gasteiger partial charge in [-0.25, -0.2) is 0 Å². The molecule has 1 aliphatic heterocycles. The minimum atomic E-state index is -0.746. The number of likely N-dealkylation sites (N-methyl/N-ethyl adjacent to an activating group) is 1.